The van der Waals surface area contributed by atoms with E-state index in [0.717, 1.165) is 12.1 Å². The van der Waals surface area contributed by atoms with E-state index in [1.807, 2.05) is 0 Å². The highest BCUT2D eigenvalue weighted by Gasteiger charge is 2.31. The van der Waals surface area contributed by atoms with Crippen molar-refractivity contribution in [3.8, 4) is 11.5 Å². The molecule has 0 unspecified atom stereocenters. The standard InChI is InChI=1S/C21H18F3NO5/c1-3-15(20(28)29)18-11(2)25(17-9-6-13(26)10-16(17)18)19(27)12-4-7-14(8-5-12)30-21(22,23)24/h4-10,15,26H,3H2,1-2H3,(H,28,29)/t15-/m0/s1. The molecule has 1 aromatic heterocycles. The summed E-state index contributed by atoms with van der Waals surface area (Å²) in [6.45, 7) is 3.29. The molecule has 0 aliphatic heterocycles. The maximum atomic E-state index is 13.1. The zero-order valence-electron chi connectivity index (χ0n) is 16.0. The maximum absolute atomic E-state index is 13.1. The molecule has 0 amide bonds. The van der Waals surface area contributed by atoms with Gasteiger partial charge in [-0.25, -0.2) is 0 Å². The topological polar surface area (TPSA) is 88.8 Å². The predicted octanol–water partition coefficient (Wildman–Crippen LogP) is 4.82. The van der Waals surface area contributed by atoms with Gasteiger partial charge in [0.15, 0.2) is 0 Å². The molecule has 0 bridgehead atoms. The van der Waals surface area contributed by atoms with E-state index in [1.54, 1.807) is 13.8 Å². The molecule has 2 N–H and O–H groups in total. The van der Waals surface area contributed by atoms with Gasteiger partial charge in [-0.1, -0.05) is 6.92 Å². The number of alkyl halides is 3. The number of phenols is 1. The first kappa shape index (κ1) is 21.2. The first-order valence-corrected chi connectivity index (χ1v) is 9.00. The summed E-state index contributed by atoms with van der Waals surface area (Å²) >= 11 is 0. The fourth-order valence-electron chi connectivity index (χ4n) is 3.56. The smallest absolute Gasteiger partial charge is 0.508 e. The normalized spacial score (nSPS) is 12.7. The van der Waals surface area contributed by atoms with Crippen LogP contribution in [0.3, 0.4) is 0 Å². The molecular formula is C21H18F3NO5. The molecule has 0 spiro atoms. The Kier molecular flexibility index (Phi) is 5.47. The molecule has 6 nitrogen and oxygen atoms in total. The Labute approximate surface area is 169 Å². The summed E-state index contributed by atoms with van der Waals surface area (Å²) in [6.07, 6.45) is -4.58. The third-order valence-electron chi connectivity index (χ3n) is 4.83. The molecular weight excluding hydrogens is 403 g/mol. The van der Waals surface area contributed by atoms with Crippen LogP contribution >= 0.6 is 0 Å². The van der Waals surface area contributed by atoms with Crippen LogP contribution in [0.1, 0.15) is 40.9 Å². The number of aliphatic carboxylic acids is 1. The lowest BCUT2D eigenvalue weighted by molar-refractivity contribution is -0.274. The van der Waals surface area contributed by atoms with Gasteiger partial charge in [0, 0.05) is 16.6 Å². The number of ether oxygens (including phenoxy) is 1. The largest absolute Gasteiger partial charge is 0.573 e. The van der Waals surface area contributed by atoms with E-state index in [1.165, 1.54) is 34.9 Å². The number of carboxylic acids is 1. The van der Waals surface area contributed by atoms with Gasteiger partial charge in [0.2, 0.25) is 0 Å². The number of halogens is 3. The zero-order chi connectivity index (χ0) is 22.2. The molecule has 9 heteroatoms. The van der Waals surface area contributed by atoms with Gasteiger partial charge in [-0.05, 0) is 61.4 Å². The Morgan fingerprint density at radius 3 is 2.30 bits per heavy atom. The highest BCUT2D eigenvalue weighted by molar-refractivity contribution is 6.05. The van der Waals surface area contributed by atoms with Gasteiger partial charge in [-0.15, -0.1) is 13.2 Å². The van der Waals surface area contributed by atoms with Crippen molar-refractivity contribution in [3.63, 3.8) is 0 Å². The quantitative estimate of drug-likeness (QED) is 0.617. The van der Waals surface area contributed by atoms with Crippen LogP contribution in [0.25, 0.3) is 10.9 Å². The maximum Gasteiger partial charge on any atom is 0.573 e. The van der Waals surface area contributed by atoms with Crippen molar-refractivity contribution in [2.24, 2.45) is 0 Å². The number of rotatable bonds is 5. The molecule has 1 heterocycles. The van der Waals surface area contributed by atoms with Crippen molar-refractivity contribution < 1.29 is 37.7 Å². The minimum absolute atomic E-state index is 0.0813. The van der Waals surface area contributed by atoms with Crippen molar-refractivity contribution in [2.45, 2.75) is 32.5 Å². The molecule has 0 fully saturated rings. The van der Waals surface area contributed by atoms with Crippen LogP contribution < -0.4 is 4.74 Å². The van der Waals surface area contributed by atoms with Crippen LogP contribution in [0.15, 0.2) is 42.5 Å². The van der Waals surface area contributed by atoms with Crippen LogP contribution in [0.5, 0.6) is 11.5 Å². The highest BCUT2D eigenvalue weighted by Crippen LogP contribution is 2.36. The van der Waals surface area contributed by atoms with E-state index in [2.05, 4.69) is 4.74 Å². The van der Waals surface area contributed by atoms with Crippen LogP contribution in [-0.4, -0.2) is 33.0 Å². The van der Waals surface area contributed by atoms with Crippen LogP contribution in [0.4, 0.5) is 13.2 Å². The number of aromatic nitrogens is 1. The van der Waals surface area contributed by atoms with Crippen molar-refractivity contribution in [1.82, 2.24) is 4.57 Å². The first-order valence-electron chi connectivity index (χ1n) is 9.00. The van der Waals surface area contributed by atoms with Gasteiger partial charge in [0.25, 0.3) is 5.91 Å². The Bertz CT molecular complexity index is 1120. The summed E-state index contributed by atoms with van der Waals surface area (Å²) in [4.78, 5) is 24.9. The Morgan fingerprint density at radius 1 is 1.13 bits per heavy atom. The summed E-state index contributed by atoms with van der Waals surface area (Å²) in [5.74, 6) is -3.05. The summed E-state index contributed by atoms with van der Waals surface area (Å²) in [5, 5.41) is 19.9. The van der Waals surface area contributed by atoms with Crippen LogP contribution in [0.2, 0.25) is 0 Å². The average Bonchev–Trinajstić information content (AvgIpc) is 2.92. The Balaban J connectivity index is 2.13. The molecule has 1 atom stereocenters. The number of carbonyl (C=O) groups excluding carboxylic acids is 1. The average molecular weight is 421 g/mol. The summed E-state index contributed by atoms with van der Waals surface area (Å²) in [7, 11) is 0. The van der Waals surface area contributed by atoms with Crippen LogP contribution in [0, 0.1) is 6.92 Å². The number of phenolic OH excluding ortho intramolecular Hbond substituents is 1. The molecule has 158 valence electrons. The molecule has 0 saturated heterocycles. The van der Waals surface area contributed by atoms with E-state index < -0.39 is 29.9 Å². The number of aromatic hydroxyl groups is 1. The molecule has 3 aromatic rings. The lowest BCUT2D eigenvalue weighted by atomic mass is 9.94. The molecule has 0 aliphatic carbocycles. The second kappa shape index (κ2) is 7.74. The van der Waals surface area contributed by atoms with Gasteiger partial charge in [0.1, 0.15) is 11.5 Å². The summed E-state index contributed by atoms with van der Waals surface area (Å²) in [5.41, 5.74) is 1.26. The lowest BCUT2D eigenvalue weighted by Crippen LogP contribution is -2.18. The SMILES string of the molecule is CC[C@H](C(=O)O)c1c(C)n(C(=O)c2ccc(OC(F)(F)F)cc2)c2ccc(O)cc12. The van der Waals surface area contributed by atoms with Gasteiger partial charge in [0.05, 0.1) is 11.4 Å². The van der Waals surface area contributed by atoms with Gasteiger partial charge < -0.3 is 14.9 Å². The lowest BCUT2D eigenvalue weighted by Gasteiger charge is -2.12. The van der Waals surface area contributed by atoms with E-state index in [4.69, 9.17) is 0 Å². The second-order valence-corrected chi connectivity index (χ2v) is 6.71. The van der Waals surface area contributed by atoms with Gasteiger partial charge in [-0.3, -0.25) is 14.2 Å². The Morgan fingerprint density at radius 2 is 1.77 bits per heavy atom. The number of hydrogen-bond donors (Lipinski definition) is 2. The number of fused-ring (bicyclic) bond motifs is 1. The van der Waals surface area contributed by atoms with E-state index in [-0.39, 0.29) is 17.7 Å². The molecule has 0 aliphatic rings. The minimum atomic E-state index is -4.85. The molecule has 2 aromatic carbocycles. The van der Waals surface area contributed by atoms with E-state index >= 15 is 0 Å². The van der Waals surface area contributed by atoms with Crippen LogP contribution in [-0.2, 0) is 4.79 Å². The number of carbonyl (C=O) groups is 2. The fourth-order valence-corrected chi connectivity index (χ4v) is 3.56. The minimum Gasteiger partial charge on any atom is -0.508 e. The van der Waals surface area contributed by atoms with Crippen molar-refractivity contribution in [3.05, 3.63) is 59.3 Å². The summed E-state index contributed by atoms with van der Waals surface area (Å²) in [6, 6.07) is 8.72. The predicted molar refractivity (Wildman–Crippen MR) is 102 cm³/mol. The van der Waals surface area contributed by atoms with Crippen molar-refractivity contribution in [1.29, 1.82) is 0 Å². The highest BCUT2D eigenvalue weighted by atomic mass is 19.4. The molecule has 3 rings (SSSR count). The summed E-state index contributed by atoms with van der Waals surface area (Å²) < 4.78 is 42.1. The molecule has 0 radical (unpaired) electrons. The van der Waals surface area contributed by atoms with E-state index in [9.17, 15) is 33.0 Å². The van der Waals surface area contributed by atoms with Crippen molar-refractivity contribution >= 4 is 22.8 Å². The first-order chi connectivity index (χ1) is 14.0. The van der Waals surface area contributed by atoms with E-state index in [0.29, 0.717) is 22.2 Å². The third kappa shape index (κ3) is 3.96. The number of carboxylic acid groups (broad SMARTS) is 1. The second-order valence-electron chi connectivity index (χ2n) is 6.71. The number of nitrogens with zero attached hydrogens (tertiary/aromatic N) is 1. The molecule has 30 heavy (non-hydrogen) atoms. The van der Waals surface area contributed by atoms with Gasteiger partial charge in [-0.2, -0.15) is 0 Å². The Hall–Kier alpha value is -3.49. The van der Waals surface area contributed by atoms with Crippen molar-refractivity contribution in [2.75, 3.05) is 0 Å². The monoisotopic (exact) mass is 421 g/mol. The molecule has 0 saturated carbocycles. The third-order valence-corrected chi connectivity index (χ3v) is 4.83. The zero-order valence-corrected chi connectivity index (χ0v) is 16.0. The number of benzene rings is 2. The number of hydrogen-bond acceptors (Lipinski definition) is 4. The van der Waals surface area contributed by atoms with Gasteiger partial charge >= 0.3 is 12.3 Å². The fraction of sp³-hybridized carbons (Fsp3) is 0.238.